The van der Waals surface area contributed by atoms with Crippen molar-refractivity contribution in [3.8, 4) is 0 Å². The van der Waals surface area contributed by atoms with Crippen LogP contribution in [0, 0.1) is 12.7 Å². The maximum atomic E-state index is 13.2. The van der Waals surface area contributed by atoms with Gasteiger partial charge in [0.05, 0.1) is 10.6 Å². The minimum Gasteiger partial charge on any atom is -0.399 e. The molecule has 2 N–H and O–H groups in total. The molecule has 0 amide bonds. The molecule has 0 bridgehead atoms. The summed E-state index contributed by atoms with van der Waals surface area (Å²) in [7, 11) is -3.52. The first kappa shape index (κ1) is 13.5. The summed E-state index contributed by atoms with van der Waals surface area (Å²) in [6.45, 7) is 1.75. The number of benzene rings is 2. The highest BCUT2D eigenvalue weighted by atomic mass is 32.2. The fourth-order valence-corrected chi connectivity index (χ4v) is 3.28. The van der Waals surface area contributed by atoms with Gasteiger partial charge in [-0.1, -0.05) is 12.1 Å². The van der Waals surface area contributed by atoms with E-state index >= 15 is 0 Å². The molecule has 2 rings (SSSR count). The molecule has 0 aliphatic carbocycles. The van der Waals surface area contributed by atoms with Gasteiger partial charge in [-0.05, 0) is 48.4 Å². The Hall–Kier alpha value is -1.88. The second-order valence-corrected chi connectivity index (χ2v) is 6.39. The van der Waals surface area contributed by atoms with Crippen LogP contribution in [0.4, 0.5) is 10.1 Å². The lowest BCUT2D eigenvalue weighted by Gasteiger charge is -2.08. The summed E-state index contributed by atoms with van der Waals surface area (Å²) < 4.78 is 37.7. The van der Waals surface area contributed by atoms with E-state index in [2.05, 4.69) is 0 Å². The van der Waals surface area contributed by atoms with Gasteiger partial charge in [-0.3, -0.25) is 0 Å². The van der Waals surface area contributed by atoms with Crippen molar-refractivity contribution in [2.75, 3.05) is 5.73 Å². The van der Waals surface area contributed by atoms with E-state index in [0.717, 1.165) is 5.56 Å². The van der Waals surface area contributed by atoms with Gasteiger partial charge >= 0.3 is 0 Å². The third-order valence-corrected chi connectivity index (χ3v) is 4.54. The Balaban J connectivity index is 2.39. The zero-order chi connectivity index (χ0) is 14.0. The van der Waals surface area contributed by atoms with E-state index in [9.17, 15) is 12.8 Å². The van der Waals surface area contributed by atoms with Crippen LogP contribution in [0.1, 0.15) is 11.1 Å². The maximum absolute atomic E-state index is 13.2. The summed E-state index contributed by atoms with van der Waals surface area (Å²) >= 11 is 0. The Morgan fingerprint density at radius 2 is 1.89 bits per heavy atom. The summed E-state index contributed by atoms with van der Waals surface area (Å²) in [5.74, 6) is -0.677. The lowest BCUT2D eigenvalue weighted by molar-refractivity contribution is 0.594. The Morgan fingerprint density at radius 3 is 2.58 bits per heavy atom. The molecular formula is C14H14FNO2S. The van der Waals surface area contributed by atoms with E-state index < -0.39 is 15.7 Å². The predicted octanol–water partition coefficient (Wildman–Crippen LogP) is 2.69. The smallest absolute Gasteiger partial charge is 0.182 e. The summed E-state index contributed by atoms with van der Waals surface area (Å²) in [4.78, 5) is 0.149. The number of halogens is 1. The van der Waals surface area contributed by atoms with Crippen molar-refractivity contribution in [1.29, 1.82) is 0 Å². The van der Waals surface area contributed by atoms with Crippen LogP contribution < -0.4 is 5.73 Å². The first-order chi connectivity index (χ1) is 8.88. The molecule has 0 radical (unpaired) electrons. The van der Waals surface area contributed by atoms with Gasteiger partial charge in [-0.2, -0.15) is 0 Å². The molecule has 0 saturated carbocycles. The van der Waals surface area contributed by atoms with Crippen molar-refractivity contribution in [1.82, 2.24) is 0 Å². The number of aryl methyl sites for hydroxylation is 1. The van der Waals surface area contributed by atoms with Crippen LogP contribution in [0.15, 0.2) is 47.4 Å². The number of nitrogen functional groups attached to an aromatic ring is 1. The molecule has 0 aromatic heterocycles. The van der Waals surface area contributed by atoms with Crippen LogP contribution >= 0.6 is 0 Å². The zero-order valence-corrected chi connectivity index (χ0v) is 11.2. The number of anilines is 1. The van der Waals surface area contributed by atoms with Gasteiger partial charge in [-0.15, -0.1) is 0 Å². The summed E-state index contributed by atoms with van der Waals surface area (Å²) in [6.07, 6.45) is 0. The van der Waals surface area contributed by atoms with E-state index in [1.165, 1.54) is 24.3 Å². The number of hydrogen-bond acceptors (Lipinski definition) is 3. The van der Waals surface area contributed by atoms with Crippen LogP contribution in [-0.2, 0) is 15.6 Å². The van der Waals surface area contributed by atoms with E-state index in [1.54, 1.807) is 25.1 Å². The molecule has 100 valence electrons. The molecule has 2 aromatic carbocycles. The average molecular weight is 279 g/mol. The third-order valence-electron chi connectivity index (χ3n) is 2.87. The zero-order valence-electron chi connectivity index (χ0n) is 10.4. The van der Waals surface area contributed by atoms with Crippen molar-refractivity contribution in [2.45, 2.75) is 17.6 Å². The van der Waals surface area contributed by atoms with E-state index in [1.807, 2.05) is 0 Å². The quantitative estimate of drug-likeness (QED) is 0.879. The van der Waals surface area contributed by atoms with Crippen LogP contribution in [0.5, 0.6) is 0 Å². The van der Waals surface area contributed by atoms with Crippen molar-refractivity contribution in [3.63, 3.8) is 0 Å². The van der Waals surface area contributed by atoms with Gasteiger partial charge in [0.2, 0.25) is 0 Å². The fourth-order valence-electron chi connectivity index (χ4n) is 1.79. The van der Waals surface area contributed by atoms with Crippen LogP contribution in [0.25, 0.3) is 0 Å². The van der Waals surface area contributed by atoms with Gasteiger partial charge in [0.1, 0.15) is 5.82 Å². The van der Waals surface area contributed by atoms with Gasteiger partial charge in [-0.25, -0.2) is 12.8 Å². The fraction of sp³-hybridized carbons (Fsp3) is 0.143. The second kappa shape index (κ2) is 5.01. The highest BCUT2D eigenvalue weighted by Gasteiger charge is 2.17. The van der Waals surface area contributed by atoms with Crippen molar-refractivity contribution in [2.24, 2.45) is 0 Å². The molecule has 0 saturated heterocycles. The first-order valence-corrected chi connectivity index (χ1v) is 7.37. The van der Waals surface area contributed by atoms with E-state index in [0.29, 0.717) is 11.3 Å². The molecule has 0 spiro atoms. The van der Waals surface area contributed by atoms with Gasteiger partial charge in [0.15, 0.2) is 9.84 Å². The minimum atomic E-state index is -3.52. The van der Waals surface area contributed by atoms with Crippen LogP contribution in [0.3, 0.4) is 0 Å². The van der Waals surface area contributed by atoms with Gasteiger partial charge < -0.3 is 5.73 Å². The average Bonchev–Trinajstić information content (AvgIpc) is 2.33. The Labute approximate surface area is 111 Å². The molecule has 19 heavy (non-hydrogen) atoms. The molecule has 0 fully saturated rings. The monoisotopic (exact) mass is 279 g/mol. The third kappa shape index (κ3) is 3.12. The molecular weight excluding hydrogens is 265 g/mol. The normalized spacial score (nSPS) is 11.5. The van der Waals surface area contributed by atoms with Crippen molar-refractivity contribution >= 4 is 15.5 Å². The van der Waals surface area contributed by atoms with Crippen molar-refractivity contribution < 1.29 is 12.8 Å². The lowest BCUT2D eigenvalue weighted by atomic mass is 10.1. The van der Waals surface area contributed by atoms with E-state index in [-0.39, 0.29) is 10.6 Å². The molecule has 0 aliphatic heterocycles. The Morgan fingerprint density at radius 1 is 1.16 bits per heavy atom. The standard InChI is InChI=1S/C14H14FNO2S/c1-10-5-6-12(15)7-11(10)9-19(17,18)14-4-2-3-13(16)8-14/h2-8H,9,16H2,1H3. The predicted molar refractivity (Wildman–Crippen MR) is 72.9 cm³/mol. The maximum Gasteiger partial charge on any atom is 0.182 e. The number of nitrogens with two attached hydrogens (primary N) is 1. The van der Waals surface area contributed by atoms with Crippen molar-refractivity contribution in [3.05, 3.63) is 59.4 Å². The SMILES string of the molecule is Cc1ccc(F)cc1CS(=O)(=O)c1cccc(N)c1. The second-order valence-electron chi connectivity index (χ2n) is 4.40. The Bertz CT molecular complexity index is 711. The molecule has 0 heterocycles. The van der Waals surface area contributed by atoms with Crippen LogP contribution in [0.2, 0.25) is 0 Å². The minimum absolute atomic E-state index is 0.149. The number of hydrogen-bond donors (Lipinski definition) is 1. The molecule has 0 aliphatic rings. The molecule has 3 nitrogen and oxygen atoms in total. The van der Waals surface area contributed by atoms with Gasteiger partial charge in [0.25, 0.3) is 0 Å². The number of sulfone groups is 1. The lowest BCUT2D eigenvalue weighted by Crippen LogP contribution is -2.07. The summed E-state index contributed by atoms with van der Waals surface area (Å²) in [5, 5.41) is 0. The largest absolute Gasteiger partial charge is 0.399 e. The van der Waals surface area contributed by atoms with Gasteiger partial charge in [0, 0.05) is 5.69 Å². The molecule has 5 heteroatoms. The van der Waals surface area contributed by atoms with E-state index in [4.69, 9.17) is 5.73 Å². The number of rotatable bonds is 3. The molecule has 0 unspecified atom stereocenters. The highest BCUT2D eigenvalue weighted by Crippen LogP contribution is 2.21. The molecule has 0 atom stereocenters. The summed E-state index contributed by atoms with van der Waals surface area (Å²) in [6, 6.07) is 10.2. The highest BCUT2D eigenvalue weighted by molar-refractivity contribution is 7.90. The topological polar surface area (TPSA) is 60.2 Å². The first-order valence-electron chi connectivity index (χ1n) is 5.72. The van der Waals surface area contributed by atoms with Crippen LogP contribution in [-0.4, -0.2) is 8.42 Å². The Kier molecular flexibility index (Phi) is 3.57. The molecule has 2 aromatic rings. The summed E-state index contributed by atoms with van der Waals surface area (Å²) in [5.41, 5.74) is 7.17.